The lowest BCUT2D eigenvalue weighted by Gasteiger charge is -2.10. The number of ether oxygens (including phenoxy) is 1. The number of halogens is 1. The van der Waals surface area contributed by atoms with Gasteiger partial charge in [0.05, 0.1) is 15.6 Å². The quantitative estimate of drug-likeness (QED) is 0.692. The van der Waals surface area contributed by atoms with E-state index in [0.717, 1.165) is 0 Å². The number of rotatable bonds is 5. The summed E-state index contributed by atoms with van der Waals surface area (Å²) in [6.07, 6.45) is 0. The molecule has 0 atom stereocenters. The second-order valence-corrected chi connectivity index (χ2v) is 7.50. The van der Waals surface area contributed by atoms with Gasteiger partial charge in [0, 0.05) is 18.3 Å². The molecule has 122 valence electrons. The van der Waals surface area contributed by atoms with Gasteiger partial charge in [-0.2, -0.15) is 0 Å². The van der Waals surface area contributed by atoms with Crippen LogP contribution in [0.4, 0.5) is 11.4 Å². The van der Waals surface area contributed by atoms with E-state index < -0.39 is 10.0 Å². The third kappa shape index (κ3) is 4.58. The zero-order chi connectivity index (χ0) is 17.0. The van der Waals surface area contributed by atoms with Gasteiger partial charge in [-0.3, -0.25) is 9.52 Å². The number of benzene rings is 2. The van der Waals surface area contributed by atoms with Gasteiger partial charge in [-0.05, 0) is 65.1 Å². The molecular formula is C15H15IN2O4S. The molecule has 2 aromatic rings. The average Bonchev–Trinajstić information content (AvgIpc) is 2.48. The Labute approximate surface area is 148 Å². The van der Waals surface area contributed by atoms with Gasteiger partial charge in [0.2, 0.25) is 5.91 Å². The van der Waals surface area contributed by atoms with E-state index in [2.05, 4.69) is 10.0 Å². The third-order valence-corrected chi connectivity index (χ3v) is 5.11. The van der Waals surface area contributed by atoms with Gasteiger partial charge >= 0.3 is 0 Å². The predicted octanol–water partition coefficient (Wildman–Crippen LogP) is 3.06. The van der Waals surface area contributed by atoms with E-state index in [0.29, 0.717) is 20.7 Å². The molecule has 2 aromatic carbocycles. The van der Waals surface area contributed by atoms with Gasteiger partial charge < -0.3 is 10.1 Å². The second-order valence-electron chi connectivity index (χ2n) is 4.66. The van der Waals surface area contributed by atoms with Crippen molar-refractivity contribution in [1.82, 2.24) is 0 Å². The van der Waals surface area contributed by atoms with Gasteiger partial charge in [-0.25, -0.2) is 8.42 Å². The van der Waals surface area contributed by atoms with Crippen molar-refractivity contribution in [3.05, 3.63) is 46.0 Å². The number of hydrogen-bond acceptors (Lipinski definition) is 4. The highest BCUT2D eigenvalue weighted by Crippen LogP contribution is 2.25. The molecule has 0 aliphatic carbocycles. The molecule has 0 saturated heterocycles. The minimum Gasteiger partial charge on any atom is -0.496 e. The fraction of sp³-hybridized carbons (Fsp3) is 0.133. The summed E-state index contributed by atoms with van der Waals surface area (Å²) in [4.78, 5) is 11.1. The van der Waals surface area contributed by atoms with Gasteiger partial charge in [-0.15, -0.1) is 0 Å². The standard InChI is InChI=1S/C15H15IN2O4S/c1-10(19)17-11-3-5-12(6-4-11)18-23(20,21)13-7-8-15(22-2)14(16)9-13/h3-9,18H,1-2H3,(H,17,19). The van der Waals surface area contributed by atoms with E-state index in [4.69, 9.17) is 4.74 Å². The van der Waals surface area contributed by atoms with Crippen LogP contribution in [0, 0.1) is 3.57 Å². The van der Waals surface area contributed by atoms with Crippen molar-refractivity contribution in [3.63, 3.8) is 0 Å². The summed E-state index contributed by atoms with van der Waals surface area (Å²) >= 11 is 2.02. The smallest absolute Gasteiger partial charge is 0.261 e. The first kappa shape index (κ1) is 17.5. The summed E-state index contributed by atoms with van der Waals surface area (Å²) in [6.45, 7) is 1.40. The highest BCUT2D eigenvalue weighted by Gasteiger charge is 2.16. The Morgan fingerprint density at radius 3 is 2.22 bits per heavy atom. The maximum atomic E-state index is 12.4. The molecule has 1 amide bonds. The molecule has 6 nitrogen and oxygen atoms in total. The molecule has 0 aliphatic rings. The van der Waals surface area contributed by atoms with E-state index in [-0.39, 0.29) is 10.8 Å². The molecular weight excluding hydrogens is 431 g/mol. The van der Waals surface area contributed by atoms with Crippen molar-refractivity contribution in [2.45, 2.75) is 11.8 Å². The zero-order valence-corrected chi connectivity index (χ0v) is 15.4. The summed E-state index contributed by atoms with van der Waals surface area (Å²) in [5, 5.41) is 2.62. The summed E-state index contributed by atoms with van der Waals surface area (Å²) in [7, 11) is -2.17. The van der Waals surface area contributed by atoms with Crippen LogP contribution in [0.5, 0.6) is 5.75 Å². The molecule has 0 aromatic heterocycles. The molecule has 23 heavy (non-hydrogen) atoms. The molecule has 2 N–H and O–H groups in total. The Morgan fingerprint density at radius 2 is 1.70 bits per heavy atom. The first-order valence-electron chi connectivity index (χ1n) is 6.56. The monoisotopic (exact) mass is 446 g/mol. The molecule has 2 rings (SSSR count). The first-order valence-corrected chi connectivity index (χ1v) is 9.12. The average molecular weight is 446 g/mol. The molecule has 0 unspecified atom stereocenters. The van der Waals surface area contributed by atoms with E-state index >= 15 is 0 Å². The fourth-order valence-corrected chi connectivity index (χ4v) is 3.88. The Morgan fingerprint density at radius 1 is 1.09 bits per heavy atom. The highest BCUT2D eigenvalue weighted by atomic mass is 127. The molecule has 0 heterocycles. The Balaban J connectivity index is 2.20. The SMILES string of the molecule is COc1ccc(S(=O)(=O)Nc2ccc(NC(C)=O)cc2)cc1I. The largest absolute Gasteiger partial charge is 0.496 e. The molecule has 0 bridgehead atoms. The van der Waals surface area contributed by atoms with Gasteiger partial charge in [-0.1, -0.05) is 0 Å². The Bertz CT molecular complexity index is 820. The number of carbonyl (C=O) groups excluding carboxylic acids is 1. The molecule has 0 radical (unpaired) electrons. The number of nitrogens with one attached hydrogen (secondary N) is 2. The highest BCUT2D eigenvalue weighted by molar-refractivity contribution is 14.1. The first-order chi connectivity index (χ1) is 10.8. The summed E-state index contributed by atoms with van der Waals surface area (Å²) in [5.41, 5.74) is 1.00. The normalized spacial score (nSPS) is 10.9. The Hall–Kier alpha value is -1.81. The lowest BCUT2D eigenvalue weighted by Crippen LogP contribution is -2.13. The van der Waals surface area contributed by atoms with Crippen LogP contribution in [-0.2, 0) is 14.8 Å². The van der Waals surface area contributed by atoms with Crippen molar-refractivity contribution in [2.75, 3.05) is 17.1 Å². The van der Waals surface area contributed by atoms with Gasteiger partial charge in [0.25, 0.3) is 10.0 Å². The fourth-order valence-electron chi connectivity index (χ4n) is 1.85. The van der Waals surface area contributed by atoms with Crippen LogP contribution in [-0.4, -0.2) is 21.4 Å². The number of anilines is 2. The number of amides is 1. The lowest BCUT2D eigenvalue weighted by molar-refractivity contribution is -0.114. The van der Waals surface area contributed by atoms with Crippen molar-refractivity contribution in [3.8, 4) is 5.75 Å². The molecule has 0 fully saturated rings. The summed E-state index contributed by atoms with van der Waals surface area (Å²) < 4.78 is 33.1. The molecule has 0 aliphatic heterocycles. The van der Waals surface area contributed by atoms with Crippen LogP contribution in [0.2, 0.25) is 0 Å². The molecule has 0 saturated carbocycles. The second kappa shape index (κ2) is 7.18. The van der Waals surface area contributed by atoms with Crippen molar-refractivity contribution in [2.24, 2.45) is 0 Å². The van der Waals surface area contributed by atoms with Crippen LogP contribution >= 0.6 is 22.6 Å². The minimum atomic E-state index is -3.69. The van der Waals surface area contributed by atoms with Crippen LogP contribution in [0.25, 0.3) is 0 Å². The van der Waals surface area contributed by atoms with Crippen molar-refractivity contribution < 1.29 is 17.9 Å². The number of sulfonamides is 1. The summed E-state index contributed by atoms with van der Waals surface area (Å²) in [6, 6.07) is 11.0. The number of methoxy groups -OCH3 is 1. The molecule has 0 spiro atoms. The van der Waals surface area contributed by atoms with Crippen LogP contribution in [0.3, 0.4) is 0 Å². The maximum Gasteiger partial charge on any atom is 0.261 e. The zero-order valence-electron chi connectivity index (χ0n) is 12.5. The predicted molar refractivity (Wildman–Crippen MR) is 97.3 cm³/mol. The summed E-state index contributed by atoms with van der Waals surface area (Å²) in [5.74, 6) is 0.426. The van der Waals surface area contributed by atoms with Crippen LogP contribution in [0.15, 0.2) is 47.4 Å². The number of hydrogen-bond donors (Lipinski definition) is 2. The van der Waals surface area contributed by atoms with Gasteiger partial charge in [0.15, 0.2) is 0 Å². The van der Waals surface area contributed by atoms with Crippen LogP contribution in [0.1, 0.15) is 6.92 Å². The van der Waals surface area contributed by atoms with Crippen LogP contribution < -0.4 is 14.8 Å². The minimum absolute atomic E-state index is 0.147. The van der Waals surface area contributed by atoms with E-state index in [9.17, 15) is 13.2 Å². The van der Waals surface area contributed by atoms with Crippen molar-refractivity contribution in [1.29, 1.82) is 0 Å². The van der Waals surface area contributed by atoms with E-state index in [1.165, 1.54) is 26.2 Å². The van der Waals surface area contributed by atoms with E-state index in [1.807, 2.05) is 22.6 Å². The third-order valence-electron chi connectivity index (χ3n) is 2.89. The maximum absolute atomic E-state index is 12.4. The Kier molecular flexibility index (Phi) is 5.47. The number of carbonyl (C=O) groups is 1. The molecule has 8 heteroatoms. The topological polar surface area (TPSA) is 84.5 Å². The lowest BCUT2D eigenvalue weighted by atomic mass is 10.3. The van der Waals surface area contributed by atoms with Crippen molar-refractivity contribution >= 4 is 49.9 Å². The van der Waals surface area contributed by atoms with E-state index in [1.54, 1.807) is 30.3 Å². The van der Waals surface area contributed by atoms with Gasteiger partial charge in [0.1, 0.15) is 5.75 Å².